The molecular formula is C18H25N3S. The van der Waals surface area contributed by atoms with Crippen molar-refractivity contribution < 1.29 is 0 Å². The van der Waals surface area contributed by atoms with E-state index in [0.29, 0.717) is 0 Å². The van der Waals surface area contributed by atoms with Crippen LogP contribution in [0.25, 0.3) is 10.9 Å². The zero-order valence-corrected chi connectivity index (χ0v) is 14.4. The number of hydrogen-bond donors (Lipinski definition) is 0. The summed E-state index contributed by atoms with van der Waals surface area (Å²) in [4.78, 5) is 8.44. The Morgan fingerprint density at radius 1 is 1.27 bits per heavy atom. The topological polar surface area (TPSA) is 20.5 Å². The fourth-order valence-electron chi connectivity index (χ4n) is 3.08. The molecule has 0 aliphatic carbocycles. The number of nitrogens with zero attached hydrogens (tertiary/aromatic N) is 3. The van der Waals surface area contributed by atoms with Crippen molar-refractivity contribution in [2.24, 2.45) is 4.99 Å². The smallest absolute Gasteiger partial charge is 0.0987 e. The molecule has 22 heavy (non-hydrogen) atoms. The number of rotatable bonds is 6. The van der Waals surface area contributed by atoms with Crippen molar-refractivity contribution in [2.75, 3.05) is 25.9 Å². The van der Waals surface area contributed by atoms with Crippen LogP contribution < -0.4 is 0 Å². The van der Waals surface area contributed by atoms with Gasteiger partial charge in [0.15, 0.2) is 0 Å². The summed E-state index contributed by atoms with van der Waals surface area (Å²) in [5.74, 6) is 2.34. The van der Waals surface area contributed by atoms with Gasteiger partial charge in [0.1, 0.15) is 0 Å². The maximum absolute atomic E-state index is 4.76. The predicted molar refractivity (Wildman–Crippen MR) is 97.1 cm³/mol. The zero-order chi connectivity index (χ0) is 15.4. The molecule has 1 aliphatic rings. The first-order valence-corrected chi connectivity index (χ1v) is 9.23. The highest BCUT2D eigenvalue weighted by Gasteiger charge is 2.13. The van der Waals surface area contributed by atoms with E-state index in [1.54, 1.807) is 0 Å². The van der Waals surface area contributed by atoms with Crippen molar-refractivity contribution >= 4 is 28.5 Å². The summed E-state index contributed by atoms with van der Waals surface area (Å²) < 4.78 is 2.38. The lowest BCUT2D eigenvalue weighted by Crippen LogP contribution is -2.19. The Kier molecular flexibility index (Phi) is 5.08. The second-order valence-corrected chi connectivity index (χ2v) is 7.01. The van der Waals surface area contributed by atoms with Crippen molar-refractivity contribution in [1.29, 1.82) is 0 Å². The molecule has 4 heteroatoms. The Morgan fingerprint density at radius 2 is 2.14 bits per heavy atom. The maximum atomic E-state index is 4.76. The third-order valence-electron chi connectivity index (χ3n) is 4.19. The molecule has 3 rings (SSSR count). The highest BCUT2D eigenvalue weighted by molar-refractivity contribution is 7.99. The largest absolute Gasteiger partial charge is 0.363 e. The summed E-state index contributed by atoms with van der Waals surface area (Å²) in [6.45, 7) is 5.40. The molecule has 1 fully saturated rings. The van der Waals surface area contributed by atoms with Crippen LogP contribution in [0.1, 0.15) is 26.2 Å². The van der Waals surface area contributed by atoms with Crippen LogP contribution in [-0.2, 0) is 6.54 Å². The summed E-state index contributed by atoms with van der Waals surface area (Å²) in [6, 6.07) is 8.73. The number of thioether (sulfide) groups is 1. The normalized spacial score (nSPS) is 17.0. The van der Waals surface area contributed by atoms with Crippen LogP contribution in [0.5, 0.6) is 0 Å². The van der Waals surface area contributed by atoms with E-state index in [1.807, 2.05) is 11.8 Å². The number of likely N-dealkylation sites (tertiary alicyclic amines) is 1. The summed E-state index contributed by atoms with van der Waals surface area (Å²) >= 11 is 1.93. The van der Waals surface area contributed by atoms with E-state index in [2.05, 4.69) is 53.9 Å². The lowest BCUT2D eigenvalue weighted by Gasteiger charge is -2.10. The SMILES string of the molecule is CCCn1cc(SCCN=C2CCCN2C)c2ccccc21. The molecule has 1 saturated heterocycles. The van der Waals surface area contributed by atoms with Gasteiger partial charge in [-0.3, -0.25) is 4.99 Å². The van der Waals surface area contributed by atoms with Crippen LogP contribution in [0.15, 0.2) is 40.4 Å². The number of aryl methyl sites for hydroxylation is 1. The molecule has 0 saturated carbocycles. The number of aliphatic imine (C=N–C) groups is 1. The van der Waals surface area contributed by atoms with Gasteiger partial charge in [0.05, 0.1) is 12.4 Å². The Morgan fingerprint density at radius 3 is 2.91 bits per heavy atom. The number of hydrogen-bond acceptors (Lipinski definition) is 2. The summed E-state index contributed by atoms with van der Waals surface area (Å²) in [5, 5.41) is 1.38. The van der Waals surface area contributed by atoms with Crippen LogP contribution >= 0.6 is 11.8 Å². The van der Waals surface area contributed by atoms with Crippen LogP contribution in [-0.4, -0.2) is 41.2 Å². The minimum absolute atomic E-state index is 0.914. The fraction of sp³-hybridized carbons (Fsp3) is 0.500. The first-order valence-electron chi connectivity index (χ1n) is 8.24. The van der Waals surface area contributed by atoms with Gasteiger partial charge in [0, 0.05) is 54.3 Å². The fourth-order valence-corrected chi connectivity index (χ4v) is 4.01. The minimum atomic E-state index is 0.914. The third-order valence-corrected chi connectivity index (χ3v) is 5.22. The number of fused-ring (bicyclic) bond motifs is 1. The van der Waals surface area contributed by atoms with Crippen LogP contribution in [0, 0.1) is 0 Å². The van der Waals surface area contributed by atoms with Crippen LogP contribution in [0.3, 0.4) is 0 Å². The molecule has 1 aliphatic heterocycles. The lowest BCUT2D eigenvalue weighted by atomic mass is 10.2. The van der Waals surface area contributed by atoms with Gasteiger partial charge >= 0.3 is 0 Å². The molecule has 0 unspecified atom stereocenters. The average molecular weight is 315 g/mol. The standard InChI is InChI=1S/C18H25N3S/c1-3-11-21-14-17(15-7-4-5-8-16(15)21)22-13-10-19-18-9-6-12-20(18)2/h4-5,7-8,14H,3,6,9-13H2,1-2H3. The van der Waals surface area contributed by atoms with Crippen molar-refractivity contribution in [3.8, 4) is 0 Å². The Balaban J connectivity index is 1.66. The van der Waals surface area contributed by atoms with Crippen LogP contribution in [0.2, 0.25) is 0 Å². The second-order valence-electron chi connectivity index (χ2n) is 5.88. The van der Waals surface area contributed by atoms with E-state index in [0.717, 1.165) is 31.8 Å². The molecule has 0 N–H and O–H groups in total. The van der Waals surface area contributed by atoms with Crippen LogP contribution in [0.4, 0.5) is 0 Å². The van der Waals surface area contributed by atoms with E-state index in [9.17, 15) is 0 Å². The monoisotopic (exact) mass is 315 g/mol. The maximum Gasteiger partial charge on any atom is 0.0987 e. The van der Waals surface area contributed by atoms with Gasteiger partial charge in [-0.25, -0.2) is 0 Å². The van der Waals surface area contributed by atoms with Gasteiger partial charge < -0.3 is 9.47 Å². The highest BCUT2D eigenvalue weighted by Crippen LogP contribution is 2.30. The predicted octanol–water partition coefficient (Wildman–Crippen LogP) is 4.27. The summed E-state index contributed by atoms with van der Waals surface area (Å²) in [6.07, 6.45) is 5.89. The minimum Gasteiger partial charge on any atom is -0.363 e. The Labute approximate surface area is 137 Å². The van der Waals surface area contributed by atoms with Gasteiger partial charge in [-0.05, 0) is 18.9 Å². The van der Waals surface area contributed by atoms with Gasteiger partial charge in [0.2, 0.25) is 0 Å². The molecule has 2 heterocycles. The number of benzene rings is 1. The molecule has 118 valence electrons. The second kappa shape index (κ2) is 7.23. The highest BCUT2D eigenvalue weighted by atomic mass is 32.2. The first kappa shape index (κ1) is 15.5. The number of amidine groups is 1. The third kappa shape index (κ3) is 3.32. The molecule has 3 nitrogen and oxygen atoms in total. The van der Waals surface area contributed by atoms with E-state index >= 15 is 0 Å². The van der Waals surface area contributed by atoms with E-state index < -0.39 is 0 Å². The molecule has 0 radical (unpaired) electrons. The summed E-state index contributed by atoms with van der Waals surface area (Å²) in [7, 11) is 2.15. The molecule has 1 aromatic carbocycles. The van der Waals surface area contributed by atoms with Crippen molar-refractivity contribution in [3.63, 3.8) is 0 Å². The molecule has 2 aromatic rings. The molecule has 0 atom stereocenters. The lowest BCUT2D eigenvalue weighted by molar-refractivity contribution is 0.548. The first-order chi connectivity index (χ1) is 10.8. The van der Waals surface area contributed by atoms with Gasteiger partial charge in [-0.2, -0.15) is 0 Å². The Bertz CT molecular complexity index is 659. The number of aromatic nitrogens is 1. The quantitative estimate of drug-likeness (QED) is 0.586. The molecule has 0 amide bonds. The van der Waals surface area contributed by atoms with Gasteiger partial charge in [-0.1, -0.05) is 25.1 Å². The molecule has 1 aromatic heterocycles. The average Bonchev–Trinajstić information content (AvgIpc) is 3.09. The van der Waals surface area contributed by atoms with Gasteiger partial charge in [0.25, 0.3) is 0 Å². The molecular weight excluding hydrogens is 290 g/mol. The Hall–Kier alpha value is -1.42. The van der Waals surface area contributed by atoms with Crippen molar-refractivity contribution in [2.45, 2.75) is 37.6 Å². The van der Waals surface area contributed by atoms with E-state index in [4.69, 9.17) is 4.99 Å². The van der Waals surface area contributed by atoms with Crippen molar-refractivity contribution in [3.05, 3.63) is 30.5 Å². The van der Waals surface area contributed by atoms with E-state index in [-0.39, 0.29) is 0 Å². The number of para-hydroxylation sites is 1. The summed E-state index contributed by atoms with van der Waals surface area (Å²) in [5.41, 5.74) is 1.36. The van der Waals surface area contributed by atoms with Gasteiger partial charge in [-0.15, -0.1) is 11.8 Å². The zero-order valence-electron chi connectivity index (χ0n) is 13.6. The van der Waals surface area contributed by atoms with E-state index in [1.165, 1.54) is 34.5 Å². The van der Waals surface area contributed by atoms with Crippen molar-refractivity contribution in [1.82, 2.24) is 9.47 Å². The molecule has 0 bridgehead atoms. The molecule has 0 spiro atoms.